The third kappa shape index (κ3) is 6.01. The number of hydrogen-bond donors (Lipinski definition) is 2. The smallest absolute Gasteiger partial charge is 0.240 e. The summed E-state index contributed by atoms with van der Waals surface area (Å²) in [7, 11) is -3.56. The molecule has 0 saturated heterocycles. The van der Waals surface area contributed by atoms with Crippen molar-refractivity contribution in [2.75, 3.05) is 26.3 Å². The van der Waals surface area contributed by atoms with E-state index in [4.69, 9.17) is 15.2 Å². The summed E-state index contributed by atoms with van der Waals surface area (Å²) in [4.78, 5) is 0.190. The van der Waals surface area contributed by atoms with Gasteiger partial charge in [-0.3, -0.25) is 0 Å². The third-order valence-corrected chi connectivity index (χ3v) is 4.16. The summed E-state index contributed by atoms with van der Waals surface area (Å²) < 4.78 is 37.7. The fourth-order valence-electron chi connectivity index (χ4n) is 1.69. The summed E-state index contributed by atoms with van der Waals surface area (Å²) in [5.41, 5.74) is 4.79. The summed E-state index contributed by atoms with van der Waals surface area (Å²) in [5.74, 6) is 0.592. The van der Waals surface area contributed by atoms with Crippen LogP contribution in [0.5, 0.6) is 5.75 Å². The van der Waals surface area contributed by atoms with Crippen LogP contribution in [0.2, 0.25) is 0 Å². The maximum Gasteiger partial charge on any atom is 0.240 e. The van der Waals surface area contributed by atoms with Crippen molar-refractivity contribution in [3.05, 3.63) is 24.3 Å². The fraction of sp³-hybridized carbons (Fsp3) is 0.571. The van der Waals surface area contributed by atoms with Crippen LogP contribution in [0.15, 0.2) is 29.2 Å². The number of nitrogens with two attached hydrogens (primary N) is 1. The van der Waals surface area contributed by atoms with Crippen molar-refractivity contribution in [1.82, 2.24) is 4.72 Å². The molecule has 0 amide bonds. The van der Waals surface area contributed by atoms with Crippen molar-refractivity contribution in [1.29, 1.82) is 0 Å². The lowest BCUT2D eigenvalue weighted by Crippen LogP contribution is -2.40. The minimum Gasteiger partial charge on any atom is -0.492 e. The zero-order valence-electron chi connectivity index (χ0n) is 12.8. The van der Waals surface area contributed by atoms with Crippen LogP contribution in [0.1, 0.15) is 20.8 Å². The van der Waals surface area contributed by atoms with Gasteiger partial charge in [0, 0.05) is 19.7 Å². The van der Waals surface area contributed by atoms with Crippen molar-refractivity contribution in [2.45, 2.75) is 31.3 Å². The predicted octanol–water partition coefficient (Wildman–Crippen LogP) is 1.12. The van der Waals surface area contributed by atoms with E-state index in [1.54, 1.807) is 12.1 Å². The minimum absolute atomic E-state index is 0.190. The number of sulfonamides is 1. The van der Waals surface area contributed by atoms with Crippen LogP contribution in [-0.2, 0) is 14.8 Å². The summed E-state index contributed by atoms with van der Waals surface area (Å²) in [6.45, 7) is 7.08. The largest absolute Gasteiger partial charge is 0.492 e. The Morgan fingerprint density at radius 1 is 1.24 bits per heavy atom. The van der Waals surface area contributed by atoms with E-state index in [0.29, 0.717) is 25.5 Å². The molecule has 0 aliphatic carbocycles. The Balaban J connectivity index is 2.70. The molecule has 0 unspecified atom stereocenters. The van der Waals surface area contributed by atoms with E-state index >= 15 is 0 Å². The fourth-order valence-corrected chi connectivity index (χ4v) is 2.88. The molecule has 3 N–H and O–H groups in total. The average Bonchev–Trinajstić information content (AvgIpc) is 2.44. The van der Waals surface area contributed by atoms with Crippen LogP contribution in [0.25, 0.3) is 0 Å². The van der Waals surface area contributed by atoms with Crippen LogP contribution in [0.3, 0.4) is 0 Å². The normalized spacial score (nSPS) is 12.4. The number of hydrogen-bond acceptors (Lipinski definition) is 5. The molecule has 1 aromatic rings. The molecular formula is C14H24N2O4S. The van der Waals surface area contributed by atoms with Crippen LogP contribution in [0.4, 0.5) is 0 Å². The Morgan fingerprint density at radius 3 is 2.38 bits per heavy atom. The van der Waals surface area contributed by atoms with Crippen LogP contribution < -0.4 is 15.2 Å². The molecule has 1 aromatic carbocycles. The molecule has 0 aliphatic rings. The molecule has 6 nitrogen and oxygen atoms in total. The first kappa shape index (κ1) is 17.9. The van der Waals surface area contributed by atoms with Gasteiger partial charge in [-0.15, -0.1) is 0 Å². The summed E-state index contributed by atoms with van der Waals surface area (Å²) >= 11 is 0. The molecule has 7 heteroatoms. The Morgan fingerprint density at radius 2 is 1.86 bits per heavy atom. The van der Waals surface area contributed by atoms with E-state index in [2.05, 4.69) is 4.72 Å². The molecular weight excluding hydrogens is 292 g/mol. The Hall–Kier alpha value is -1.15. The van der Waals surface area contributed by atoms with Crippen LogP contribution in [-0.4, -0.2) is 40.3 Å². The van der Waals surface area contributed by atoms with Crippen molar-refractivity contribution in [3.8, 4) is 5.75 Å². The highest BCUT2D eigenvalue weighted by Gasteiger charge is 2.22. The highest BCUT2D eigenvalue weighted by atomic mass is 32.2. The maximum absolute atomic E-state index is 12.2. The molecule has 0 radical (unpaired) electrons. The van der Waals surface area contributed by atoms with Gasteiger partial charge < -0.3 is 15.2 Å². The number of rotatable bonds is 9. The summed E-state index contributed by atoms with van der Waals surface area (Å²) in [6, 6.07) is 6.22. The van der Waals surface area contributed by atoms with E-state index in [9.17, 15) is 8.42 Å². The molecule has 0 atom stereocenters. The Bertz CT molecular complexity index is 526. The first-order chi connectivity index (χ1) is 9.80. The van der Waals surface area contributed by atoms with E-state index < -0.39 is 15.6 Å². The van der Waals surface area contributed by atoms with E-state index in [1.165, 1.54) is 12.1 Å². The molecule has 120 valence electrons. The van der Waals surface area contributed by atoms with Gasteiger partial charge in [-0.1, -0.05) is 0 Å². The summed E-state index contributed by atoms with van der Waals surface area (Å²) in [6.07, 6.45) is 0. The molecule has 0 aromatic heterocycles. The lowest BCUT2D eigenvalue weighted by atomic mass is 10.1. The van der Waals surface area contributed by atoms with Gasteiger partial charge in [0.25, 0.3) is 0 Å². The third-order valence-electron chi connectivity index (χ3n) is 2.74. The molecule has 21 heavy (non-hydrogen) atoms. The van der Waals surface area contributed by atoms with Gasteiger partial charge in [0.05, 0.1) is 10.5 Å². The first-order valence-electron chi connectivity index (χ1n) is 6.87. The Kier molecular flexibility index (Phi) is 6.60. The number of ether oxygens (including phenoxy) is 2. The zero-order valence-corrected chi connectivity index (χ0v) is 13.6. The molecule has 0 heterocycles. The lowest BCUT2D eigenvalue weighted by Gasteiger charge is -2.24. The van der Waals surface area contributed by atoms with E-state index in [1.807, 2.05) is 20.8 Å². The molecule has 1 rings (SSSR count). The average molecular weight is 316 g/mol. The Labute approximate surface area is 126 Å². The second-order valence-corrected chi connectivity index (χ2v) is 6.89. The van der Waals surface area contributed by atoms with Gasteiger partial charge in [0.15, 0.2) is 0 Å². The quantitative estimate of drug-likeness (QED) is 0.712. The maximum atomic E-state index is 12.2. The van der Waals surface area contributed by atoms with Crippen molar-refractivity contribution < 1.29 is 17.9 Å². The van der Waals surface area contributed by atoms with Gasteiger partial charge >= 0.3 is 0 Å². The molecule has 0 saturated carbocycles. The molecule has 0 fully saturated rings. The first-order valence-corrected chi connectivity index (χ1v) is 8.35. The van der Waals surface area contributed by atoms with Crippen molar-refractivity contribution in [3.63, 3.8) is 0 Å². The van der Waals surface area contributed by atoms with E-state index in [-0.39, 0.29) is 11.4 Å². The van der Waals surface area contributed by atoms with Crippen LogP contribution >= 0.6 is 0 Å². The second kappa shape index (κ2) is 7.74. The highest BCUT2D eigenvalue weighted by Crippen LogP contribution is 2.16. The van der Waals surface area contributed by atoms with Gasteiger partial charge in [-0.2, -0.15) is 0 Å². The van der Waals surface area contributed by atoms with Gasteiger partial charge in [0.1, 0.15) is 12.4 Å². The molecule has 0 spiro atoms. The second-order valence-electron chi connectivity index (χ2n) is 5.13. The van der Waals surface area contributed by atoms with Crippen LogP contribution in [0, 0.1) is 0 Å². The molecule has 0 bridgehead atoms. The van der Waals surface area contributed by atoms with Crippen molar-refractivity contribution >= 4 is 10.0 Å². The summed E-state index contributed by atoms with van der Waals surface area (Å²) in [5, 5.41) is 0. The number of nitrogens with one attached hydrogen (secondary N) is 1. The van der Waals surface area contributed by atoms with Crippen molar-refractivity contribution in [2.24, 2.45) is 5.73 Å². The SMILES string of the molecule is CCOC(C)(C)CNS(=O)(=O)c1ccc(OCCN)cc1. The topological polar surface area (TPSA) is 90.6 Å². The minimum atomic E-state index is -3.56. The van der Waals surface area contributed by atoms with Gasteiger partial charge in [-0.25, -0.2) is 13.1 Å². The number of benzene rings is 1. The lowest BCUT2D eigenvalue weighted by molar-refractivity contribution is -0.00515. The molecule has 0 aliphatic heterocycles. The van der Waals surface area contributed by atoms with Gasteiger partial charge in [0.2, 0.25) is 10.0 Å². The van der Waals surface area contributed by atoms with Gasteiger partial charge in [-0.05, 0) is 45.0 Å². The highest BCUT2D eigenvalue weighted by molar-refractivity contribution is 7.89. The predicted molar refractivity (Wildman–Crippen MR) is 81.9 cm³/mol. The monoisotopic (exact) mass is 316 g/mol. The van der Waals surface area contributed by atoms with E-state index in [0.717, 1.165) is 0 Å². The zero-order chi connectivity index (χ0) is 15.9. The standard InChI is InChI=1S/C14H24N2O4S/c1-4-20-14(2,3)11-16-21(17,18)13-7-5-12(6-8-13)19-10-9-15/h5-8,16H,4,9-11,15H2,1-3H3.